The molecule has 3 aromatic carbocycles. The molecular formula is C39H49N. The normalized spacial score (nSPS) is 13.5. The monoisotopic (exact) mass is 531 g/mol. The van der Waals surface area contributed by atoms with E-state index in [2.05, 4.69) is 93.7 Å². The maximum absolute atomic E-state index is 5.01. The summed E-state index contributed by atoms with van der Waals surface area (Å²) in [6, 6.07) is 25.4. The molecule has 5 rings (SSSR count). The van der Waals surface area contributed by atoms with Gasteiger partial charge in [0.25, 0.3) is 0 Å². The minimum Gasteiger partial charge on any atom is -0.255 e. The maximum Gasteiger partial charge on any atom is 0.0780 e. The van der Waals surface area contributed by atoms with Crippen LogP contribution in [0, 0.1) is 6.92 Å². The van der Waals surface area contributed by atoms with Crippen LogP contribution in [0.25, 0.3) is 33.2 Å². The van der Waals surface area contributed by atoms with Crippen molar-refractivity contribution in [2.45, 2.75) is 116 Å². The molecule has 0 amide bonds. The van der Waals surface area contributed by atoms with Gasteiger partial charge in [0.2, 0.25) is 0 Å². The summed E-state index contributed by atoms with van der Waals surface area (Å²) >= 11 is 0. The van der Waals surface area contributed by atoms with Crippen molar-refractivity contribution in [1.82, 2.24) is 4.98 Å². The van der Waals surface area contributed by atoms with Crippen molar-refractivity contribution < 1.29 is 0 Å². The van der Waals surface area contributed by atoms with Gasteiger partial charge in [-0.3, -0.25) is 4.98 Å². The first-order valence-corrected chi connectivity index (χ1v) is 16.3. The standard InChI is InChI=1S/C39H49N/c1-4-6-8-10-12-18-26-39(27-19-13-11-9-7-5-2)36-23-17-16-21-33(36)34-25-24-31(28-37(34)39)38-35-22-15-14-20-32(35)30(3)29-40-38/h14-17,20-25,28-29H,4-13,18-19,26-27H2,1-3H3. The highest BCUT2D eigenvalue weighted by Crippen LogP contribution is 2.55. The van der Waals surface area contributed by atoms with Crippen molar-refractivity contribution in [2.24, 2.45) is 0 Å². The first kappa shape index (κ1) is 28.6. The third-order valence-corrected chi connectivity index (χ3v) is 9.45. The predicted octanol–water partition coefficient (Wildman–Crippen LogP) is 12.0. The summed E-state index contributed by atoms with van der Waals surface area (Å²) in [5, 5.41) is 2.57. The summed E-state index contributed by atoms with van der Waals surface area (Å²) < 4.78 is 0. The van der Waals surface area contributed by atoms with Gasteiger partial charge in [-0.2, -0.15) is 0 Å². The fourth-order valence-corrected chi connectivity index (χ4v) is 7.24. The van der Waals surface area contributed by atoms with Crippen molar-refractivity contribution in [3.63, 3.8) is 0 Å². The zero-order chi connectivity index (χ0) is 27.8. The van der Waals surface area contributed by atoms with Crippen LogP contribution in [0.4, 0.5) is 0 Å². The lowest BCUT2D eigenvalue weighted by molar-refractivity contribution is 0.398. The first-order valence-electron chi connectivity index (χ1n) is 16.3. The van der Waals surface area contributed by atoms with Gasteiger partial charge in [-0.25, -0.2) is 0 Å². The molecule has 0 N–H and O–H groups in total. The van der Waals surface area contributed by atoms with E-state index in [-0.39, 0.29) is 5.41 Å². The number of benzene rings is 3. The molecule has 0 bridgehead atoms. The lowest BCUT2D eigenvalue weighted by Gasteiger charge is -2.33. The molecule has 0 radical (unpaired) electrons. The van der Waals surface area contributed by atoms with Crippen LogP contribution in [0.2, 0.25) is 0 Å². The van der Waals surface area contributed by atoms with E-state index in [9.17, 15) is 0 Å². The molecular weight excluding hydrogens is 482 g/mol. The highest BCUT2D eigenvalue weighted by Gasteiger charge is 2.42. The van der Waals surface area contributed by atoms with Crippen LogP contribution in [0.5, 0.6) is 0 Å². The number of rotatable bonds is 15. The van der Waals surface area contributed by atoms with Crippen molar-refractivity contribution in [1.29, 1.82) is 0 Å². The third kappa shape index (κ3) is 5.90. The molecule has 1 heterocycles. The van der Waals surface area contributed by atoms with Gasteiger partial charge in [0.1, 0.15) is 0 Å². The maximum atomic E-state index is 5.01. The molecule has 1 aliphatic rings. The largest absolute Gasteiger partial charge is 0.255 e. The SMILES string of the molecule is CCCCCCCCC1(CCCCCCCC)c2ccccc2-c2ccc(-c3ncc(C)c4ccccc34)cc21. The van der Waals surface area contributed by atoms with Crippen molar-refractivity contribution in [3.8, 4) is 22.4 Å². The molecule has 0 saturated heterocycles. The van der Waals surface area contributed by atoms with E-state index in [0.29, 0.717) is 0 Å². The molecule has 0 atom stereocenters. The van der Waals surface area contributed by atoms with Crippen LogP contribution in [0.1, 0.15) is 120 Å². The van der Waals surface area contributed by atoms with Gasteiger partial charge in [0.15, 0.2) is 0 Å². The van der Waals surface area contributed by atoms with E-state index in [1.165, 1.54) is 123 Å². The molecule has 0 saturated carbocycles. The minimum atomic E-state index is 0.109. The van der Waals surface area contributed by atoms with E-state index in [0.717, 1.165) is 5.69 Å². The number of hydrogen-bond donors (Lipinski definition) is 0. The Kier molecular flexibility index (Phi) is 9.74. The molecule has 1 aromatic heterocycles. The Labute approximate surface area is 243 Å². The highest BCUT2D eigenvalue weighted by atomic mass is 14.7. The number of pyridine rings is 1. The Morgan fingerprint density at radius 2 is 1.15 bits per heavy atom. The average Bonchev–Trinajstić information content (AvgIpc) is 3.26. The summed E-state index contributed by atoms with van der Waals surface area (Å²) in [5.74, 6) is 0. The van der Waals surface area contributed by atoms with Gasteiger partial charge >= 0.3 is 0 Å². The third-order valence-electron chi connectivity index (χ3n) is 9.45. The fraction of sp³-hybridized carbons (Fsp3) is 0.462. The Balaban J connectivity index is 1.53. The van der Waals surface area contributed by atoms with E-state index in [1.54, 1.807) is 11.1 Å². The second kappa shape index (κ2) is 13.6. The molecule has 210 valence electrons. The number of fused-ring (bicyclic) bond motifs is 4. The second-order valence-electron chi connectivity index (χ2n) is 12.3. The topological polar surface area (TPSA) is 12.9 Å². The summed E-state index contributed by atoms with van der Waals surface area (Å²) in [4.78, 5) is 5.01. The molecule has 0 unspecified atom stereocenters. The molecule has 1 heteroatoms. The molecule has 4 aromatic rings. The summed E-state index contributed by atoms with van der Waals surface area (Å²) in [6.45, 7) is 6.79. The molecule has 0 spiro atoms. The molecule has 0 aliphatic heterocycles. The number of aryl methyl sites for hydroxylation is 1. The van der Waals surface area contributed by atoms with Gasteiger partial charge in [-0.05, 0) is 59.0 Å². The zero-order valence-corrected chi connectivity index (χ0v) is 25.3. The van der Waals surface area contributed by atoms with Gasteiger partial charge in [-0.1, -0.05) is 152 Å². The average molecular weight is 532 g/mol. The molecule has 1 nitrogen and oxygen atoms in total. The first-order chi connectivity index (χ1) is 19.7. The molecule has 0 fully saturated rings. The van der Waals surface area contributed by atoms with E-state index < -0.39 is 0 Å². The lowest BCUT2D eigenvalue weighted by atomic mass is 9.70. The number of unbranched alkanes of at least 4 members (excludes halogenated alkanes) is 10. The van der Waals surface area contributed by atoms with Crippen molar-refractivity contribution >= 4 is 10.8 Å². The van der Waals surface area contributed by atoms with Crippen LogP contribution in [-0.4, -0.2) is 4.98 Å². The Hall–Kier alpha value is -2.93. The summed E-state index contributed by atoms with van der Waals surface area (Å²) in [7, 11) is 0. The van der Waals surface area contributed by atoms with Crippen LogP contribution in [0.3, 0.4) is 0 Å². The Bertz CT molecular complexity index is 1380. The quantitative estimate of drug-likeness (QED) is 0.139. The Morgan fingerprint density at radius 1 is 0.575 bits per heavy atom. The Morgan fingerprint density at radius 3 is 1.85 bits per heavy atom. The molecule has 40 heavy (non-hydrogen) atoms. The minimum absolute atomic E-state index is 0.109. The number of nitrogens with zero attached hydrogens (tertiary/aromatic N) is 1. The fourth-order valence-electron chi connectivity index (χ4n) is 7.24. The van der Waals surface area contributed by atoms with Gasteiger partial charge < -0.3 is 0 Å². The van der Waals surface area contributed by atoms with Crippen LogP contribution in [0.15, 0.2) is 72.9 Å². The summed E-state index contributed by atoms with van der Waals surface area (Å²) in [5.41, 5.74) is 9.78. The van der Waals surface area contributed by atoms with Crippen LogP contribution >= 0.6 is 0 Å². The smallest absolute Gasteiger partial charge is 0.0780 e. The zero-order valence-electron chi connectivity index (χ0n) is 25.3. The summed E-state index contributed by atoms with van der Waals surface area (Å²) in [6.07, 6.45) is 20.7. The van der Waals surface area contributed by atoms with Gasteiger partial charge in [0.05, 0.1) is 5.69 Å². The lowest BCUT2D eigenvalue weighted by Crippen LogP contribution is -2.25. The number of aromatic nitrogens is 1. The predicted molar refractivity (Wildman–Crippen MR) is 174 cm³/mol. The van der Waals surface area contributed by atoms with E-state index >= 15 is 0 Å². The van der Waals surface area contributed by atoms with Crippen molar-refractivity contribution in [3.05, 3.63) is 89.6 Å². The van der Waals surface area contributed by atoms with Gasteiger partial charge in [0, 0.05) is 22.6 Å². The van der Waals surface area contributed by atoms with E-state index in [1.807, 2.05) is 0 Å². The van der Waals surface area contributed by atoms with Crippen LogP contribution < -0.4 is 0 Å². The van der Waals surface area contributed by atoms with Crippen molar-refractivity contribution in [2.75, 3.05) is 0 Å². The van der Waals surface area contributed by atoms with E-state index in [4.69, 9.17) is 4.98 Å². The molecule has 1 aliphatic carbocycles. The van der Waals surface area contributed by atoms with Gasteiger partial charge in [-0.15, -0.1) is 0 Å². The second-order valence-corrected chi connectivity index (χ2v) is 12.3. The van der Waals surface area contributed by atoms with Crippen LogP contribution in [-0.2, 0) is 5.41 Å². The highest BCUT2D eigenvalue weighted by molar-refractivity contribution is 5.97. The number of hydrogen-bond acceptors (Lipinski definition) is 1.